The van der Waals surface area contributed by atoms with Crippen molar-refractivity contribution in [1.82, 2.24) is 0 Å². The zero-order valence-electron chi connectivity index (χ0n) is 34.2. The second kappa shape index (κ2) is 42.4. The first-order valence-corrected chi connectivity index (χ1v) is 23.0. The first kappa shape index (κ1) is 48.9. The van der Waals surface area contributed by atoms with E-state index in [1.807, 2.05) is 0 Å². The quantitative estimate of drug-likeness (QED) is 0.0506. The van der Waals surface area contributed by atoms with E-state index in [1.165, 1.54) is 225 Å². The van der Waals surface area contributed by atoms with Crippen molar-refractivity contribution >= 4 is 11.9 Å². The molecule has 0 aliphatic carbocycles. The topological polar surface area (TPSA) is 63.6 Å². The first-order valence-electron chi connectivity index (χ1n) is 23.0. The van der Waals surface area contributed by atoms with Crippen LogP contribution in [0.25, 0.3) is 0 Å². The summed E-state index contributed by atoms with van der Waals surface area (Å²) in [6.07, 6.45) is 52.9. The van der Waals surface area contributed by atoms with E-state index in [1.54, 1.807) is 0 Å². The fraction of sp³-hybridized carbons (Fsp3) is 0.957. The average Bonchev–Trinajstić information content (AvgIpc) is 3.09. The number of aliphatic carboxylic acids is 1. The van der Waals surface area contributed by atoms with Gasteiger partial charge in [0, 0.05) is 12.8 Å². The average molecular weight is 707 g/mol. The highest BCUT2D eigenvalue weighted by molar-refractivity contribution is 5.69. The Hall–Kier alpha value is -1.06. The molecule has 4 heteroatoms. The van der Waals surface area contributed by atoms with Crippen molar-refractivity contribution in [2.45, 2.75) is 283 Å². The van der Waals surface area contributed by atoms with Gasteiger partial charge in [0.15, 0.2) is 0 Å². The Morgan fingerprint density at radius 3 is 0.900 bits per heavy atom. The summed E-state index contributed by atoms with van der Waals surface area (Å²) in [7, 11) is 0. The molecule has 0 amide bonds. The second-order valence-electron chi connectivity index (χ2n) is 16.1. The SMILES string of the molecule is CCCCCCCCCCCCCCCCCCCCCC(=O)OC(C)CCCCCCCCCCCCCCCCCCCCCC(=O)O. The molecule has 1 atom stereocenters. The number of ether oxygens (including phenoxy) is 1. The van der Waals surface area contributed by atoms with Crippen LogP contribution in [0.5, 0.6) is 0 Å². The fourth-order valence-corrected chi connectivity index (χ4v) is 7.40. The molecular formula is C46H90O4. The van der Waals surface area contributed by atoms with Crippen LogP contribution < -0.4 is 0 Å². The Balaban J connectivity index is 3.25. The van der Waals surface area contributed by atoms with Crippen LogP contribution in [0.3, 0.4) is 0 Å². The predicted octanol–water partition coefficient (Wildman–Crippen LogP) is 16.0. The molecule has 0 radical (unpaired) electrons. The molecule has 0 saturated heterocycles. The van der Waals surface area contributed by atoms with Crippen LogP contribution in [0.2, 0.25) is 0 Å². The largest absolute Gasteiger partial charge is 0.481 e. The summed E-state index contributed by atoms with van der Waals surface area (Å²) < 4.78 is 5.68. The molecule has 0 aromatic carbocycles. The molecule has 0 rings (SSSR count). The Morgan fingerprint density at radius 2 is 0.620 bits per heavy atom. The number of carbonyl (C=O) groups excluding carboxylic acids is 1. The Morgan fingerprint density at radius 1 is 0.380 bits per heavy atom. The number of carboxylic acids is 1. The normalized spacial score (nSPS) is 12.0. The van der Waals surface area contributed by atoms with E-state index in [-0.39, 0.29) is 12.1 Å². The third-order valence-corrected chi connectivity index (χ3v) is 10.8. The predicted molar refractivity (Wildman–Crippen MR) is 218 cm³/mol. The smallest absolute Gasteiger partial charge is 0.306 e. The minimum absolute atomic E-state index is 0.0165. The van der Waals surface area contributed by atoms with Crippen LogP contribution in [0.15, 0.2) is 0 Å². The van der Waals surface area contributed by atoms with E-state index in [9.17, 15) is 9.59 Å². The summed E-state index contributed by atoms with van der Waals surface area (Å²) in [5.41, 5.74) is 0. The van der Waals surface area contributed by atoms with Gasteiger partial charge in [-0.15, -0.1) is 0 Å². The zero-order valence-corrected chi connectivity index (χ0v) is 34.2. The molecule has 0 saturated carbocycles. The lowest BCUT2D eigenvalue weighted by molar-refractivity contribution is -0.148. The highest BCUT2D eigenvalue weighted by Crippen LogP contribution is 2.17. The van der Waals surface area contributed by atoms with Crippen molar-refractivity contribution in [2.24, 2.45) is 0 Å². The van der Waals surface area contributed by atoms with Gasteiger partial charge in [-0.2, -0.15) is 0 Å². The molecule has 0 aliphatic heterocycles. The molecule has 50 heavy (non-hydrogen) atoms. The lowest BCUT2D eigenvalue weighted by Crippen LogP contribution is -2.14. The lowest BCUT2D eigenvalue weighted by atomic mass is 10.0. The van der Waals surface area contributed by atoms with Gasteiger partial charge in [-0.3, -0.25) is 9.59 Å². The van der Waals surface area contributed by atoms with E-state index >= 15 is 0 Å². The van der Waals surface area contributed by atoms with Crippen molar-refractivity contribution in [3.63, 3.8) is 0 Å². The van der Waals surface area contributed by atoms with Crippen molar-refractivity contribution in [3.8, 4) is 0 Å². The lowest BCUT2D eigenvalue weighted by Gasteiger charge is -2.13. The van der Waals surface area contributed by atoms with E-state index in [0.717, 1.165) is 25.7 Å². The van der Waals surface area contributed by atoms with Gasteiger partial charge >= 0.3 is 11.9 Å². The number of hydrogen-bond acceptors (Lipinski definition) is 3. The summed E-state index contributed by atoms with van der Waals surface area (Å²) in [6.45, 7) is 4.37. The second-order valence-corrected chi connectivity index (χ2v) is 16.1. The zero-order chi connectivity index (χ0) is 36.4. The fourth-order valence-electron chi connectivity index (χ4n) is 7.40. The summed E-state index contributed by atoms with van der Waals surface area (Å²) in [6, 6.07) is 0. The number of hydrogen-bond donors (Lipinski definition) is 1. The number of rotatable bonds is 43. The molecule has 0 bridgehead atoms. The molecule has 0 aromatic heterocycles. The third kappa shape index (κ3) is 43.1. The van der Waals surface area contributed by atoms with Gasteiger partial charge in [-0.05, 0) is 32.6 Å². The highest BCUT2D eigenvalue weighted by Gasteiger charge is 2.09. The van der Waals surface area contributed by atoms with Gasteiger partial charge in [-0.25, -0.2) is 0 Å². The molecule has 298 valence electrons. The maximum Gasteiger partial charge on any atom is 0.306 e. The maximum atomic E-state index is 12.2. The van der Waals surface area contributed by atoms with Gasteiger partial charge in [0.1, 0.15) is 0 Å². The van der Waals surface area contributed by atoms with Crippen molar-refractivity contribution in [1.29, 1.82) is 0 Å². The summed E-state index contributed by atoms with van der Waals surface area (Å²) in [4.78, 5) is 22.7. The number of carbonyl (C=O) groups is 2. The van der Waals surface area contributed by atoms with Crippen LogP contribution in [0.1, 0.15) is 277 Å². The molecule has 4 nitrogen and oxygen atoms in total. The van der Waals surface area contributed by atoms with Gasteiger partial charge in [0.25, 0.3) is 0 Å². The van der Waals surface area contributed by atoms with Crippen LogP contribution in [0.4, 0.5) is 0 Å². The number of unbranched alkanes of at least 4 members (excludes halogenated alkanes) is 36. The molecule has 0 aliphatic rings. The molecule has 1 unspecified atom stereocenters. The molecule has 0 spiro atoms. The van der Waals surface area contributed by atoms with E-state index in [2.05, 4.69) is 13.8 Å². The van der Waals surface area contributed by atoms with E-state index < -0.39 is 5.97 Å². The minimum Gasteiger partial charge on any atom is -0.481 e. The van der Waals surface area contributed by atoms with Crippen LogP contribution >= 0.6 is 0 Å². The first-order chi connectivity index (χ1) is 24.6. The maximum absolute atomic E-state index is 12.2. The Kier molecular flexibility index (Phi) is 41.5. The van der Waals surface area contributed by atoms with E-state index in [4.69, 9.17) is 9.84 Å². The number of esters is 1. The van der Waals surface area contributed by atoms with Gasteiger partial charge in [-0.1, -0.05) is 232 Å². The number of carboxylic acid groups (broad SMARTS) is 1. The van der Waals surface area contributed by atoms with Gasteiger partial charge in [0.2, 0.25) is 0 Å². The molecule has 0 heterocycles. The Labute approximate surface area is 313 Å². The van der Waals surface area contributed by atoms with Crippen molar-refractivity contribution in [3.05, 3.63) is 0 Å². The van der Waals surface area contributed by atoms with Gasteiger partial charge < -0.3 is 9.84 Å². The van der Waals surface area contributed by atoms with E-state index in [0.29, 0.717) is 12.8 Å². The summed E-state index contributed by atoms with van der Waals surface area (Å²) in [5.74, 6) is -0.642. The minimum atomic E-state index is -0.658. The molecule has 0 fully saturated rings. The molecular weight excluding hydrogens is 617 g/mol. The van der Waals surface area contributed by atoms with Crippen LogP contribution in [-0.4, -0.2) is 23.1 Å². The summed E-state index contributed by atoms with van der Waals surface area (Å²) >= 11 is 0. The van der Waals surface area contributed by atoms with Crippen molar-refractivity contribution in [2.75, 3.05) is 0 Å². The molecule has 0 aromatic rings. The summed E-state index contributed by atoms with van der Waals surface area (Å²) in [5, 5.41) is 8.66. The highest BCUT2D eigenvalue weighted by atomic mass is 16.5. The Bertz CT molecular complexity index is 677. The van der Waals surface area contributed by atoms with Crippen LogP contribution in [-0.2, 0) is 14.3 Å². The molecule has 1 N–H and O–H groups in total. The van der Waals surface area contributed by atoms with Crippen LogP contribution in [0, 0.1) is 0 Å². The monoisotopic (exact) mass is 707 g/mol. The van der Waals surface area contributed by atoms with Crippen molar-refractivity contribution < 1.29 is 19.4 Å². The third-order valence-electron chi connectivity index (χ3n) is 10.8. The standard InChI is InChI=1S/C46H90O4/c1-3-4-5-6-7-8-9-10-11-12-14-19-22-25-28-31-34-37-40-43-46(49)50-44(2)41-38-35-32-29-26-23-20-17-15-13-16-18-21-24-27-30-33-36-39-42-45(47)48/h44H,3-43H2,1-2H3,(H,47,48). The van der Waals surface area contributed by atoms with Gasteiger partial charge in [0.05, 0.1) is 6.10 Å².